The number of aldehydes is 1. The molecular weight excluding hydrogens is 290 g/mol. The minimum atomic E-state index is 0.743. The maximum absolute atomic E-state index is 10.2. The maximum atomic E-state index is 10.2. The molecule has 22 heavy (non-hydrogen) atoms. The zero-order valence-corrected chi connectivity index (χ0v) is 16.6. The zero-order valence-electron chi connectivity index (χ0n) is 15.7. The van der Waals surface area contributed by atoms with Gasteiger partial charge in [0.1, 0.15) is 6.29 Å². The van der Waals surface area contributed by atoms with Gasteiger partial charge in [-0.05, 0) is 25.7 Å². The van der Waals surface area contributed by atoms with Crippen molar-refractivity contribution < 1.29 is 4.79 Å². The van der Waals surface area contributed by atoms with E-state index in [9.17, 15) is 4.79 Å². The van der Waals surface area contributed by atoms with Crippen LogP contribution in [0.1, 0.15) is 98.3 Å². The first-order valence-electron chi connectivity index (χ1n) is 9.66. The Labute approximate surface area is 144 Å². The minimum absolute atomic E-state index is 0.743. The number of carbonyl (C=O) groups is 1. The molecule has 0 heterocycles. The lowest BCUT2D eigenvalue weighted by Crippen LogP contribution is -2.19. The van der Waals surface area contributed by atoms with Gasteiger partial charge in [0.05, 0.1) is 0 Å². The first-order chi connectivity index (χ1) is 10.8. The van der Waals surface area contributed by atoms with Crippen molar-refractivity contribution >= 4 is 18.2 Å². The standard InChI is InChI=1S/C17H35NOS.C2H6/c1-3-5-7-11-15-18(14-6-4-2)20-17-13-10-8-9-12-16-19;1-2/h16H,3-15,17H2,1-2H3;1-2H3. The van der Waals surface area contributed by atoms with E-state index in [1.54, 1.807) is 0 Å². The summed E-state index contributed by atoms with van der Waals surface area (Å²) in [6, 6.07) is 0. The lowest BCUT2D eigenvalue weighted by Gasteiger charge is -2.20. The van der Waals surface area contributed by atoms with Crippen LogP contribution >= 0.6 is 11.9 Å². The number of hydrogen-bond acceptors (Lipinski definition) is 3. The summed E-state index contributed by atoms with van der Waals surface area (Å²) in [7, 11) is 0. The molecule has 0 aliphatic carbocycles. The van der Waals surface area contributed by atoms with E-state index in [0.717, 1.165) is 19.1 Å². The summed E-state index contributed by atoms with van der Waals surface area (Å²) in [5.74, 6) is 1.25. The smallest absolute Gasteiger partial charge is 0.119 e. The topological polar surface area (TPSA) is 20.3 Å². The van der Waals surface area contributed by atoms with Crippen LogP contribution < -0.4 is 0 Å². The number of hydrogen-bond donors (Lipinski definition) is 0. The highest BCUT2D eigenvalue weighted by Crippen LogP contribution is 2.16. The molecule has 0 saturated carbocycles. The Balaban J connectivity index is 0. The van der Waals surface area contributed by atoms with Gasteiger partial charge in [-0.25, -0.2) is 0 Å². The molecule has 0 aromatic rings. The van der Waals surface area contributed by atoms with Crippen LogP contribution in [0.5, 0.6) is 0 Å². The quantitative estimate of drug-likeness (QED) is 0.183. The second-order valence-electron chi connectivity index (χ2n) is 5.55. The molecular formula is C19H41NOS. The van der Waals surface area contributed by atoms with Crippen LogP contribution in [0, 0.1) is 0 Å². The van der Waals surface area contributed by atoms with Gasteiger partial charge in [-0.3, -0.25) is 4.31 Å². The second kappa shape index (κ2) is 23.2. The highest BCUT2D eigenvalue weighted by atomic mass is 32.2. The van der Waals surface area contributed by atoms with Crippen LogP contribution in [0.4, 0.5) is 0 Å². The fourth-order valence-corrected chi connectivity index (χ4v) is 3.28. The van der Waals surface area contributed by atoms with Crippen molar-refractivity contribution in [1.29, 1.82) is 0 Å². The van der Waals surface area contributed by atoms with Gasteiger partial charge in [-0.2, -0.15) is 0 Å². The minimum Gasteiger partial charge on any atom is -0.303 e. The monoisotopic (exact) mass is 331 g/mol. The number of carbonyl (C=O) groups excluding carboxylic acids is 1. The molecule has 3 heteroatoms. The summed E-state index contributed by atoms with van der Waals surface area (Å²) in [6.45, 7) is 11.1. The van der Waals surface area contributed by atoms with E-state index in [2.05, 4.69) is 18.2 Å². The predicted molar refractivity (Wildman–Crippen MR) is 104 cm³/mol. The van der Waals surface area contributed by atoms with Gasteiger partial charge < -0.3 is 4.79 Å². The van der Waals surface area contributed by atoms with Gasteiger partial charge in [-0.15, -0.1) is 0 Å². The molecule has 0 amide bonds. The fourth-order valence-electron chi connectivity index (χ4n) is 2.17. The molecule has 0 bridgehead atoms. The van der Waals surface area contributed by atoms with Crippen LogP contribution in [-0.4, -0.2) is 29.4 Å². The molecule has 0 aromatic heterocycles. The highest BCUT2D eigenvalue weighted by molar-refractivity contribution is 7.97. The molecule has 0 aliphatic heterocycles. The first-order valence-corrected chi connectivity index (χ1v) is 10.6. The Bertz CT molecular complexity index is 200. The second-order valence-corrected chi connectivity index (χ2v) is 6.73. The Hall–Kier alpha value is -0.0200. The third-order valence-electron chi connectivity index (χ3n) is 3.51. The van der Waals surface area contributed by atoms with E-state index in [0.29, 0.717) is 0 Å². The van der Waals surface area contributed by atoms with Gasteiger partial charge in [0.15, 0.2) is 0 Å². The third kappa shape index (κ3) is 20.0. The van der Waals surface area contributed by atoms with Crippen LogP contribution in [0.3, 0.4) is 0 Å². The van der Waals surface area contributed by atoms with Crippen molar-refractivity contribution in [3.8, 4) is 0 Å². The number of unbranched alkanes of at least 4 members (excludes halogenated alkanes) is 8. The predicted octanol–water partition coefficient (Wildman–Crippen LogP) is 6.49. The van der Waals surface area contributed by atoms with Crippen molar-refractivity contribution in [3.05, 3.63) is 0 Å². The third-order valence-corrected chi connectivity index (χ3v) is 4.71. The summed E-state index contributed by atoms with van der Waals surface area (Å²) in [5.41, 5.74) is 0. The first kappa shape index (κ1) is 24.2. The molecule has 2 nitrogen and oxygen atoms in total. The van der Waals surface area contributed by atoms with Crippen LogP contribution in [0.25, 0.3) is 0 Å². The highest BCUT2D eigenvalue weighted by Gasteiger charge is 2.04. The molecule has 0 N–H and O–H groups in total. The lowest BCUT2D eigenvalue weighted by molar-refractivity contribution is -0.107. The van der Waals surface area contributed by atoms with E-state index < -0.39 is 0 Å². The van der Waals surface area contributed by atoms with Crippen molar-refractivity contribution in [3.63, 3.8) is 0 Å². The molecule has 0 unspecified atom stereocenters. The van der Waals surface area contributed by atoms with Crippen molar-refractivity contribution in [1.82, 2.24) is 4.31 Å². The molecule has 0 aromatic carbocycles. The summed E-state index contributed by atoms with van der Waals surface area (Å²) in [4.78, 5) is 10.2. The van der Waals surface area contributed by atoms with Crippen molar-refractivity contribution in [2.75, 3.05) is 18.8 Å². The van der Waals surface area contributed by atoms with E-state index >= 15 is 0 Å². The van der Waals surface area contributed by atoms with Gasteiger partial charge in [-0.1, -0.05) is 78.2 Å². The van der Waals surface area contributed by atoms with Gasteiger partial charge in [0.25, 0.3) is 0 Å². The summed E-state index contributed by atoms with van der Waals surface area (Å²) >= 11 is 2.05. The Morgan fingerprint density at radius 2 is 1.36 bits per heavy atom. The molecule has 0 saturated heterocycles. The normalized spacial score (nSPS) is 10.4. The molecule has 134 valence electrons. The zero-order chi connectivity index (χ0) is 16.9. The van der Waals surface area contributed by atoms with Gasteiger partial charge >= 0.3 is 0 Å². The Morgan fingerprint density at radius 3 is 2.00 bits per heavy atom. The van der Waals surface area contributed by atoms with Crippen LogP contribution in [0.2, 0.25) is 0 Å². The molecule has 0 aliphatic rings. The summed E-state index contributed by atoms with van der Waals surface area (Å²) < 4.78 is 2.59. The molecule has 0 atom stereocenters. The van der Waals surface area contributed by atoms with Crippen LogP contribution in [-0.2, 0) is 4.79 Å². The van der Waals surface area contributed by atoms with E-state index in [1.165, 1.54) is 76.6 Å². The fraction of sp³-hybridized carbons (Fsp3) is 0.947. The summed E-state index contributed by atoms with van der Waals surface area (Å²) in [6.07, 6.45) is 14.7. The number of nitrogens with zero attached hydrogens (tertiary/aromatic N) is 1. The van der Waals surface area contributed by atoms with Gasteiger partial charge in [0, 0.05) is 25.3 Å². The molecule has 0 rings (SSSR count). The maximum Gasteiger partial charge on any atom is 0.119 e. The molecule has 0 radical (unpaired) electrons. The Kier molecular flexibility index (Phi) is 25.6. The van der Waals surface area contributed by atoms with Gasteiger partial charge in [0.2, 0.25) is 0 Å². The summed E-state index contributed by atoms with van der Waals surface area (Å²) in [5, 5.41) is 0. The molecule has 0 spiro atoms. The molecule has 0 fully saturated rings. The van der Waals surface area contributed by atoms with E-state index in [-0.39, 0.29) is 0 Å². The van der Waals surface area contributed by atoms with Crippen LogP contribution in [0.15, 0.2) is 0 Å². The SMILES string of the molecule is CC.CCCCCCN(CCCC)SCCCCCCC=O. The van der Waals surface area contributed by atoms with E-state index in [4.69, 9.17) is 0 Å². The average molecular weight is 332 g/mol. The largest absolute Gasteiger partial charge is 0.303 e. The van der Waals surface area contributed by atoms with Crippen molar-refractivity contribution in [2.24, 2.45) is 0 Å². The average Bonchev–Trinajstić information content (AvgIpc) is 2.56. The lowest BCUT2D eigenvalue weighted by atomic mass is 10.2. The number of rotatable bonds is 16. The van der Waals surface area contributed by atoms with Crippen molar-refractivity contribution in [2.45, 2.75) is 98.3 Å². The van der Waals surface area contributed by atoms with E-state index in [1.807, 2.05) is 25.8 Å². The Morgan fingerprint density at radius 1 is 0.773 bits per heavy atom.